The lowest BCUT2D eigenvalue weighted by Crippen LogP contribution is -2.37. The van der Waals surface area contributed by atoms with Crippen molar-refractivity contribution in [3.63, 3.8) is 0 Å². The van der Waals surface area contributed by atoms with E-state index in [-0.39, 0.29) is 11.8 Å². The van der Waals surface area contributed by atoms with Crippen LogP contribution in [-0.2, 0) is 24.1 Å². The summed E-state index contributed by atoms with van der Waals surface area (Å²) in [5.74, 6) is 0.0404. The van der Waals surface area contributed by atoms with Crippen molar-refractivity contribution in [1.82, 2.24) is 4.98 Å². The van der Waals surface area contributed by atoms with Gasteiger partial charge < -0.3 is 5.32 Å². The Bertz CT molecular complexity index is 1200. The third-order valence-electron chi connectivity index (χ3n) is 6.57. The Kier molecular flexibility index (Phi) is 5.62. The van der Waals surface area contributed by atoms with Gasteiger partial charge in [0.2, 0.25) is 5.91 Å². The van der Waals surface area contributed by atoms with Gasteiger partial charge in [0.1, 0.15) is 0 Å². The second-order valence-electron chi connectivity index (χ2n) is 8.75. The summed E-state index contributed by atoms with van der Waals surface area (Å²) in [4.78, 5) is 17.8. The highest BCUT2D eigenvalue weighted by molar-refractivity contribution is 7.13. The highest BCUT2D eigenvalue weighted by Gasteiger charge is 2.48. The van der Waals surface area contributed by atoms with Gasteiger partial charge in [-0.1, -0.05) is 78.9 Å². The number of hydrogen-bond donors (Lipinski definition) is 1. The number of thiazole rings is 1. The number of aryl methyl sites for hydroxylation is 2. The van der Waals surface area contributed by atoms with E-state index >= 15 is 0 Å². The third kappa shape index (κ3) is 3.98. The van der Waals surface area contributed by atoms with Gasteiger partial charge in [-0.3, -0.25) is 4.79 Å². The summed E-state index contributed by atoms with van der Waals surface area (Å²) in [6.07, 6.45) is 4.44. The molecule has 1 aliphatic carbocycles. The molecule has 32 heavy (non-hydrogen) atoms. The third-order valence-corrected chi connectivity index (χ3v) is 7.25. The summed E-state index contributed by atoms with van der Waals surface area (Å²) in [6, 6.07) is 27.8. The molecule has 160 valence electrons. The smallest absolute Gasteiger partial charge is 0.233 e. The highest BCUT2D eigenvalue weighted by atomic mass is 32.1. The number of nitrogens with one attached hydrogen (secondary N) is 1. The number of carbonyl (C=O) groups is 1. The van der Waals surface area contributed by atoms with Crippen LogP contribution in [-0.4, -0.2) is 10.9 Å². The molecule has 0 saturated carbocycles. The number of benzene rings is 3. The van der Waals surface area contributed by atoms with E-state index in [0.717, 1.165) is 19.3 Å². The quantitative estimate of drug-likeness (QED) is 0.386. The lowest BCUT2D eigenvalue weighted by Gasteiger charge is -2.31. The molecule has 4 aromatic rings. The summed E-state index contributed by atoms with van der Waals surface area (Å²) in [5, 5.41) is 5.61. The molecule has 0 saturated heterocycles. The molecule has 1 aromatic heterocycles. The Hall–Kier alpha value is -3.24. The average molecular weight is 439 g/mol. The molecule has 0 bridgehead atoms. The minimum atomic E-state index is -0.576. The summed E-state index contributed by atoms with van der Waals surface area (Å²) in [6.45, 7) is 2.09. The zero-order valence-corrected chi connectivity index (χ0v) is 18.9. The SMILES string of the molecule is CC1(C(=O)Nc2nccs2)Cc2ccc(CCc3ccccc3)cc2C1c1ccccc1. The normalized spacial score (nSPS) is 19.5. The molecule has 3 nitrogen and oxygen atoms in total. The minimum absolute atomic E-state index is 0.00957. The molecule has 0 radical (unpaired) electrons. The molecule has 5 rings (SSSR count). The first-order chi connectivity index (χ1) is 15.6. The van der Waals surface area contributed by atoms with Gasteiger partial charge in [-0.05, 0) is 54.0 Å². The molecular formula is C28H26N2OS. The van der Waals surface area contributed by atoms with Crippen LogP contribution >= 0.6 is 11.3 Å². The highest BCUT2D eigenvalue weighted by Crippen LogP contribution is 2.51. The largest absolute Gasteiger partial charge is 0.301 e. The molecule has 0 fully saturated rings. The molecule has 0 spiro atoms. The van der Waals surface area contributed by atoms with E-state index in [2.05, 4.69) is 90.0 Å². The predicted molar refractivity (Wildman–Crippen MR) is 131 cm³/mol. The number of aromatic nitrogens is 1. The molecule has 1 N–H and O–H groups in total. The van der Waals surface area contributed by atoms with Crippen LogP contribution in [0.5, 0.6) is 0 Å². The fraction of sp³-hybridized carbons (Fsp3) is 0.214. The van der Waals surface area contributed by atoms with Crippen LogP contribution in [0.4, 0.5) is 5.13 Å². The Morgan fingerprint density at radius 3 is 2.44 bits per heavy atom. The first kappa shape index (κ1) is 20.7. The average Bonchev–Trinajstić information content (AvgIpc) is 3.44. The van der Waals surface area contributed by atoms with Crippen LogP contribution < -0.4 is 5.32 Å². The summed E-state index contributed by atoms with van der Waals surface area (Å²) in [7, 11) is 0. The van der Waals surface area contributed by atoms with Crippen molar-refractivity contribution in [2.75, 3.05) is 5.32 Å². The second-order valence-corrected chi connectivity index (χ2v) is 9.64. The first-order valence-corrected chi connectivity index (χ1v) is 11.9. The second kappa shape index (κ2) is 8.71. The predicted octanol–water partition coefficient (Wildman–Crippen LogP) is 6.26. The van der Waals surface area contributed by atoms with Gasteiger partial charge >= 0.3 is 0 Å². The van der Waals surface area contributed by atoms with E-state index in [1.54, 1.807) is 6.20 Å². The number of amides is 1. The molecular weight excluding hydrogens is 412 g/mol. The van der Waals surface area contributed by atoms with Gasteiger partial charge in [-0.25, -0.2) is 4.98 Å². The molecule has 1 amide bonds. The number of nitrogens with zero attached hydrogens (tertiary/aromatic N) is 1. The topological polar surface area (TPSA) is 42.0 Å². The lowest BCUT2D eigenvalue weighted by atomic mass is 9.73. The number of anilines is 1. The van der Waals surface area contributed by atoms with Crippen LogP contribution in [0.25, 0.3) is 0 Å². The standard InChI is InChI=1S/C28H26N2OS/c1-28(26(31)30-27-29-16-17-32-27)19-23-15-14-21(13-12-20-8-4-2-5-9-20)18-24(23)25(28)22-10-6-3-7-11-22/h2-11,14-18,25H,12-13,19H2,1H3,(H,29,30,31). The number of carbonyl (C=O) groups excluding carboxylic acids is 1. The van der Waals surface area contributed by atoms with Gasteiger partial charge in [0.25, 0.3) is 0 Å². The number of rotatable bonds is 6. The van der Waals surface area contributed by atoms with E-state index in [4.69, 9.17) is 0 Å². The van der Waals surface area contributed by atoms with Crippen LogP contribution in [0.1, 0.15) is 40.7 Å². The maximum Gasteiger partial charge on any atom is 0.233 e. The molecule has 2 unspecified atom stereocenters. The monoisotopic (exact) mass is 438 g/mol. The maximum atomic E-state index is 13.5. The van der Waals surface area contributed by atoms with E-state index in [1.165, 1.54) is 39.2 Å². The van der Waals surface area contributed by atoms with Crippen molar-refractivity contribution in [1.29, 1.82) is 0 Å². The fourth-order valence-corrected chi connectivity index (χ4v) is 5.46. The number of fused-ring (bicyclic) bond motifs is 1. The van der Waals surface area contributed by atoms with Crippen molar-refractivity contribution in [2.45, 2.75) is 32.1 Å². The van der Waals surface area contributed by atoms with E-state index < -0.39 is 5.41 Å². The molecule has 1 aliphatic rings. The molecule has 4 heteroatoms. The summed E-state index contributed by atoms with van der Waals surface area (Å²) < 4.78 is 0. The molecule has 3 aromatic carbocycles. The van der Waals surface area contributed by atoms with Crippen molar-refractivity contribution in [3.05, 3.63) is 118 Å². The van der Waals surface area contributed by atoms with Crippen LogP contribution in [0, 0.1) is 5.41 Å². The maximum absolute atomic E-state index is 13.5. The van der Waals surface area contributed by atoms with Crippen molar-refractivity contribution < 1.29 is 4.79 Å². The fourth-order valence-electron chi connectivity index (χ4n) is 4.93. The van der Waals surface area contributed by atoms with Crippen LogP contribution in [0.3, 0.4) is 0 Å². The first-order valence-electron chi connectivity index (χ1n) is 11.0. The van der Waals surface area contributed by atoms with Gasteiger partial charge in [0, 0.05) is 17.5 Å². The lowest BCUT2D eigenvalue weighted by molar-refractivity contribution is -0.125. The van der Waals surface area contributed by atoms with Gasteiger partial charge in [0.05, 0.1) is 5.41 Å². The summed E-state index contributed by atoms with van der Waals surface area (Å²) >= 11 is 1.45. The molecule has 1 heterocycles. The van der Waals surface area contributed by atoms with Crippen LogP contribution in [0.15, 0.2) is 90.4 Å². The zero-order valence-electron chi connectivity index (χ0n) is 18.1. The van der Waals surface area contributed by atoms with Gasteiger partial charge in [-0.2, -0.15) is 0 Å². The van der Waals surface area contributed by atoms with Crippen LogP contribution in [0.2, 0.25) is 0 Å². The van der Waals surface area contributed by atoms with E-state index in [9.17, 15) is 4.79 Å². The summed E-state index contributed by atoms with van der Waals surface area (Å²) in [5.41, 5.74) is 5.81. The van der Waals surface area contributed by atoms with Crippen molar-refractivity contribution in [3.8, 4) is 0 Å². The Morgan fingerprint density at radius 2 is 1.72 bits per heavy atom. The zero-order chi connectivity index (χ0) is 22.0. The van der Waals surface area contributed by atoms with Crippen molar-refractivity contribution in [2.24, 2.45) is 5.41 Å². The van der Waals surface area contributed by atoms with E-state index in [0.29, 0.717) is 5.13 Å². The molecule has 0 aliphatic heterocycles. The Labute approximate surface area is 193 Å². The minimum Gasteiger partial charge on any atom is -0.301 e. The molecule has 2 atom stereocenters. The Morgan fingerprint density at radius 1 is 1.00 bits per heavy atom. The Balaban J connectivity index is 1.48. The van der Waals surface area contributed by atoms with Gasteiger partial charge in [-0.15, -0.1) is 11.3 Å². The van der Waals surface area contributed by atoms with Gasteiger partial charge in [0.15, 0.2) is 5.13 Å². The van der Waals surface area contributed by atoms with E-state index in [1.807, 2.05) is 11.4 Å². The number of hydrogen-bond acceptors (Lipinski definition) is 3. The van der Waals surface area contributed by atoms with Crippen molar-refractivity contribution >= 4 is 22.4 Å².